The standard InChI is InChI=1S/C16H19N3O2/c17-19-16(20)15-10-4-9-14(18-15)12-21-11-5-8-13-6-2-1-3-7-13/h1-4,6-7,9-10H,5,8,11-12,17H2,(H,19,20). The van der Waals surface area contributed by atoms with E-state index in [0.717, 1.165) is 18.5 Å². The minimum atomic E-state index is -0.402. The Morgan fingerprint density at radius 1 is 1.14 bits per heavy atom. The third kappa shape index (κ3) is 4.98. The van der Waals surface area contributed by atoms with Crippen LogP contribution in [0.1, 0.15) is 28.2 Å². The number of rotatable bonds is 7. The second-order valence-corrected chi connectivity index (χ2v) is 4.63. The summed E-state index contributed by atoms with van der Waals surface area (Å²) in [5.41, 5.74) is 4.38. The van der Waals surface area contributed by atoms with Crippen molar-refractivity contribution < 1.29 is 9.53 Å². The Hall–Kier alpha value is -2.24. The number of carbonyl (C=O) groups is 1. The van der Waals surface area contributed by atoms with Crippen LogP contribution >= 0.6 is 0 Å². The molecule has 21 heavy (non-hydrogen) atoms. The third-order valence-corrected chi connectivity index (χ3v) is 3.02. The second-order valence-electron chi connectivity index (χ2n) is 4.63. The lowest BCUT2D eigenvalue weighted by Crippen LogP contribution is -2.30. The first-order chi connectivity index (χ1) is 10.3. The van der Waals surface area contributed by atoms with Crippen molar-refractivity contribution in [2.45, 2.75) is 19.4 Å². The zero-order valence-electron chi connectivity index (χ0n) is 11.8. The molecule has 110 valence electrons. The number of nitrogens with two attached hydrogens (primary N) is 1. The zero-order chi connectivity index (χ0) is 14.9. The van der Waals surface area contributed by atoms with Gasteiger partial charge >= 0.3 is 0 Å². The van der Waals surface area contributed by atoms with E-state index in [1.54, 1.807) is 12.1 Å². The van der Waals surface area contributed by atoms with E-state index in [4.69, 9.17) is 10.6 Å². The number of hydrogen-bond donors (Lipinski definition) is 2. The van der Waals surface area contributed by atoms with Gasteiger partial charge in [0, 0.05) is 6.61 Å². The molecule has 0 aliphatic heterocycles. The zero-order valence-corrected chi connectivity index (χ0v) is 11.8. The van der Waals surface area contributed by atoms with Crippen molar-refractivity contribution in [3.8, 4) is 0 Å². The number of ether oxygens (including phenoxy) is 1. The number of aromatic nitrogens is 1. The molecule has 0 unspecified atom stereocenters. The Morgan fingerprint density at radius 2 is 1.95 bits per heavy atom. The number of aryl methyl sites for hydroxylation is 1. The van der Waals surface area contributed by atoms with Gasteiger partial charge in [-0.3, -0.25) is 10.2 Å². The predicted molar refractivity (Wildman–Crippen MR) is 80.3 cm³/mol. The molecule has 5 heteroatoms. The minimum absolute atomic E-state index is 0.294. The van der Waals surface area contributed by atoms with Crippen LogP contribution < -0.4 is 11.3 Å². The molecule has 0 saturated heterocycles. The first kappa shape index (κ1) is 15.2. The molecule has 5 nitrogen and oxygen atoms in total. The van der Waals surface area contributed by atoms with E-state index >= 15 is 0 Å². The Morgan fingerprint density at radius 3 is 2.71 bits per heavy atom. The maximum atomic E-state index is 11.4. The number of benzene rings is 1. The van der Waals surface area contributed by atoms with Crippen LogP contribution in [-0.4, -0.2) is 17.5 Å². The van der Waals surface area contributed by atoms with E-state index in [9.17, 15) is 4.79 Å². The third-order valence-electron chi connectivity index (χ3n) is 3.02. The number of hydrogen-bond acceptors (Lipinski definition) is 4. The number of pyridine rings is 1. The monoisotopic (exact) mass is 285 g/mol. The maximum absolute atomic E-state index is 11.4. The lowest BCUT2D eigenvalue weighted by Gasteiger charge is -2.05. The van der Waals surface area contributed by atoms with E-state index in [2.05, 4.69) is 22.5 Å². The summed E-state index contributed by atoms with van der Waals surface area (Å²) < 4.78 is 5.58. The first-order valence-corrected chi connectivity index (χ1v) is 6.88. The number of nitrogen functional groups attached to an aromatic ring is 1. The molecule has 0 bridgehead atoms. The van der Waals surface area contributed by atoms with Gasteiger partial charge in [-0.25, -0.2) is 10.8 Å². The molecule has 0 aliphatic carbocycles. The Balaban J connectivity index is 1.72. The van der Waals surface area contributed by atoms with Crippen molar-refractivity contribution >= 4 is 5.91 Å². The average molecular weight is 285 g/mol. The highest BCUT2D eigenvalue weighted by molar-refractivity contribution is 5.91. The molecular weight excluding hydrogens is 266 g/mol. The summed E-state index contributed by atoms with van der Waals surface area (Å²) in [6.07, 6.45) is 1.94. The lowest BCUT2D eigenvalue weighted by molar-refractivity contribution is 0.0945. The molecule has 3 N–H and O–H groups in total. The van der Waals surface area contributed by atoms with Crippen molar-refractivity contribution in [1.29, 1.82) is 0 Å². The molecule has 2 rings (SSSR count). The number of nitrogens with one attached hydrogen (secondary N) is 1. The average Bonchev–Trinajstić information content (AvgIpc) is 2.55. The van der Waals surface area contributed by atoms with Crippen molar-refractivity contribution in [2.24, 2.45) is 5.84 Å². The highest BCUT2D eigenvalue weighted by Crippen LogP contribution is 2.04. The molecule has 0 saturated carbocycles. The Bertz CT molecular complexity index is 573. The molecule has 0 atom stereocenters. The van der Waals surface area contributed by atoms with Crippen LogP contribution in [0.15, 0.2) is 48.5 Å². The number of hydrazine groups is 1. The summed E-state index contributed by atoms with van der Waals surface area (Å²) in [4.78, 5) is 15.5. The molecule has 1 aromatic carbocycles. The molecule has 0 spiro atoms. The Kier molecular flexibility index (Phi) is 5.87. The van der Waals surface area contributed by atoms with E-state index < -0.39 is 5.91 Å². The van der Waals surface area contributed by atoms with E-state index in [0.29, 0.717) is 18.9 Å². The normalized spacial score (nSPS) is 10.3. The van der Waals surface area contributed by atoms with E-state index in [1.165, 1.54) is 5.56 Å². The molecule has 1 aromatic heterocycles. The highest BCUT2D eigenvalue weighted by atomic mass is 16.5. The summed E-state index contributed by atoms with van der Waals surface area (Å²) in [6.45, 7) is 1.05. The van der Waals surface area contributed by atoms with Crippen LogP contribution in [0.3, 0.4) is 0 Å². The van der Waals surface area contributed by atoms with Crippen LogP contribution in [0.5, 0.6) is 0 Å². The van der Waals surface area contributed by atoms with Gasteiger partial charge in [0.25, 0.3) is 5.91 Å². The van der Waals surface area contributed by atoms with Crippen LogP contribution in [0, 0.1) is 0 Å². The highest BCUT2D eigenvalue weighted by Gasteiger charge is 2.05. The topological polar surface area (TPSA) is 77.2 Å². The number of nitrogens with zero attached hydrogens (tertiary/aromatic N) is 1. The van der Waals surface area contributed by atoms with E-state index in [-0.39, 0.29) is 0 Å². The molecule has 0 aliphatic rings. The maximum Gasteiger partial charge on any atom is 0.283 e. The minimum Gasteiger partial charge on any atom is -0.375 e. The van der Waals surface area contributed by atoms with Gasteiger partial charge in [0.1, 0.15) is 5.69 Å². The SMILES string of the molecule is NNC(=O)c1cccc(COCCCc2ccccc2)n1. The fourth-order valence-electron chi connectivity index (χ4n) is 1.96. The van der Waals surface area contributed by atoms with Gasteiger partial charge in [-0.1, -0.05) is 36.4 Å². The summed E-state index contributed by atoms with van der Waals surface area (Å²) in [6, 6.07) is 15.5. The summed E-state index contributed by atoms with van der Waals surface area (Å²) >= 11 is 0. The molecule has 0 fully saturated rings. The number of carbonyl (C=O) groups excluding carboxylic acids is 1. The fraction of sp³-hybridized carbons (Fsp3) is 0.250. The van der Waals surface area contributed by atoms with Gasteiger partial charge < -0.3 is 4.74 Å². The van der Waals surface area contributed by atoms with Crippen LogP contribution in [0.2, 0.25) is 0 Å². The van der Waals surface area contributed by atoms with Crippen molar-refractivity contribution in [1.82, 2.24) is 10.4 Å². The molecule has 0 radical (unpaired) electrons. The first-order valence-electron chi connectivity index (χ1n) is 6.88. The molecule has 1 heterocycles. The van der Waals surface area contributed by atoms with Gasteiger partial charge in [-0.05, 0) is 30.5 Å². The Labute approximate surface area is 124 Å². The quantitative estimate of drug-likeness (QED) is 0.352. The van der Waals surface area contributed by atoms with Gasteiger partial charge in [0.05, 0.1) is 12.3 Å². The van der Waals surface area contributed by atoms with Gasteiger partial charge in [-0.2, -0.15) is 0 Å². The summed E-state index contributed by atoms with van der Waals surface area (Å²) in [5.74, 6) is 4.68. The van der Waals surface area contributed by atoms with Gasteiger partial charge in [0.15, 0.2) is 0 Å². The van der Waals surface area contributed by atoms with Crippen LogP contribution in [0.25, 0.3) is 0 Å². The van der Waals surface area contributed by atoms with Crippen LogP contribution in [-0.2, 0) is 17.8 Å². The van der Waals surface area contributed by atoms with Gasteiger partial charge in [0.2, 0.25) is 0 Å². The second kappa shape index (κ2) is 8.14. The summed E-state index contributed by atoms with van der Waals surface area (Å²) in [5, 5.41) is 0. The van der Waals surface area contributed by atoms with Crippen molar-refractivity contribution in [2.75, 3.05) is 6.61 Å². The van der Waals surface area contributed by atoms with E-state index in [1.807, 2.05) is 24.3 Å². The summed E-state index contributed by atoms with van der Waals surface area (Å²) in [7, 11) is 0. The lowest BCUT2D eigenvalue weighted by atomic mass is 10.1. The largest absolute Gasteiger partial charge is 0.375 e. The number of amides is 1. The van der Waals surface area contributed by atoms with Crippen molar-refractivity contribution in [3.63, 3.8) is 0 Å². The van der Waals surface area contributed by atoms with Crippen LogP contribution in [0.4, 0.5) is 0 Å². The van der Waals surface area contributed by atoms with Gasteiger partial charge in [-0.15, -0.1) is 0 Å². The smallest absolute Gasteiger partial charge is 0.283 e. The molecule has 2 aromatic rings. The predicted octanol–water partition coefficient (Wildman–Crippen LogP) is 1.83. The molecular formula is C16H19N3O2. The molecule has 1 amide bonds. The van der Waals surface area contributed by atoms with Crippen molar-refractivity contribution in [3.05, 3.63) is 65.5 Å². The fourth-order valence-corrected chi connectivity index (χ4v) is 1.96.